The molecule has 1 fully saturated rings. The van der Waals surface area contributed by atoms with E-state index in [1.54, 1.807) is 13.2 Å². The van der Waals surface area contributed by atoms with E-state index in [0.717, 1.165) is 43.0 Å². The maximum Gasteiger partial charge on any atom is 0.251 e. The molecule has 0 spiro atoms. The van der Waals surface area contributed by atoms with Gasteiger partial charge in [0.2, 0.25) is 0 Å². The van der Waals surface area contributed by atoms with E-state index in [2.05, 4.69) is 15.8 Å². The molecule has 128 valence electrons. The Morgan fingerprint density at radius 3 is 3.00 bits per heavy atom. The van der Waals surface area contributed by atoms with Gasteiger partial charge in [-0.3, -0.25) is 4.79 Å². The highest BCUT2D eigenvalue weighted by molar-refractivity contribution is 5.94. The van der Waals surface area contributed by atoms with Crippen LogP contribution >= 0.6 is 0 Å². The third kappa shape index (κ3) is 3.94. The number of hydrogen-bond donors (Lipinski definition) is 2. The van der Waals surface area contributed by atoms with Crippen LogP contribution < -0.4 is 15.4 Å². The fraction of sp³-hybridized carbons (Fsp3) is 0.444. The van der Waals surface area contributed by atoms with E-state index >= 15 is 0 Å². The van der Waals surface area contributed by atoms with E-state index in [-0.39, 0.29) is 5.91 Å². The van der Waals surface area contributed by atoms with Crippen molar-refractivity contribution >= 4 is 5.91 Å². The summed E-state index contributed by atoms with van der Waals surface area (Å²) < 4.78 is 10.5. The van der Waals surface area contributed by atoms with Gasteiger partial charge in [-0.2, -0.15) is 0 Å². The molecule has 0 saturated carbocycles. The van der Waals surface area contributed by atoms with Crippen molar-refractivity contribution in [2.45, 2.75) is 26.3 Å². The molecule has 1 aromatic heterocycles. The number of amides is 1. The Labute approximate surface area is 141 Å². The lowest BCUT2D eigenvalue weighted by atomic mass is 9.96. The first-order valence-corrected chi connectivity index (χ1v) is 8.23. The Morgan fingerprint density at radius 1 is 1.46 bits per heavy atom. The highest BCUT2D eigenvalue weighted by Gasteiger charge is 2.18. The summed E-state index contributed by atoms with van der Waals surface area (Å²) >= 11 is 0. The Bertz CT molecular complexity index is 705. The number of nitrogens with zero attached hydrogens (tertiary/aromatic N) is 1. The quantitative estimate of drug-likeness (QED) is 0.848. The predicted molar refractivity (Wildman–Crippen MR) is 90.1 cm³/mol. The van der Waals surface area contributed by atoms with E-state index < -0.39 is 0 Å². The number of carbonyl (C=O) groups is 1. The first kappa shape index (κ1) is 16.5. The molecule has 1 aliphatic heterocycles. The van der Waals surface area contributed by atoms with Gasteiger partial charge in [-0.25, -0.2) is 0 Å². The number of hydrogen-bond acceptors (Lipinski definition) is 5. The van der Waals surface area contributed by atoms with Crippen LogP contribution in [0.3, 0.4) is 0 Å². The second kappa shape index (κ2) is 7.49. The molecule has 1 aliphatic rings. The second-order valence-electron chi connectivity index (χ2n) is 6.20. The van der Waals surface area contributed by atoms with Gasteiger partial charge < -0.3 is 19.9 Å². The molecule has 0 aliphatic carbocycles. The van der Waals surface area contributed by atoms with Gasteiger partial charge in [-0.1, -0.05) is 5.16 Å². The molecule has 0 radical (unpaired) electrons. The number of methoxy groups -OCH3 is 1. The van der Waals surface area contributed by atoms with Crippen LogP contribution in [0, 0.1) is 12.8 Å². The summed E-state index contributed by atoms with van der Waals surface area (Å²) in [5.41, 5.74) is 2.43. The largest absolute Gasteiger partial charge is 0.496 e. The highest BCUT2D eigenvalue weighted by atomic mass is 16.5. The van der Waals surface area contributed by atoms with Crippen LogP contribution in [0.25, 0.3) is 0 Å². The standard InChI is InChI=1S/C18H23N3O3/c1-12-7-16(21-24-12)11-20-18(22)14-3-4-17(23-2)15(9-14)8-13-5-6-19-10-13/h3-4,7,9,13,19H,5-6,8,10-11H2,1-2H3,(H,20,22). The van der Waals surface area contributed by atoms with E-state index in [9.17, 15) is 4.79 Å². The highest BCUT2D eigenvalue weighted by Crippen LogP contribution is 2.25. The van der Waals surface area contributed by atoms with E-state index in [1.807, 2.05) is 25.1 Å². The van der Waals surface area contributed by atoms with Crippen LogP contribution in [0.15, 0.2) is 28.8 Å². The van der Waals surface area contributed by atoms with Crippen molar-refractivity contribution in [3.8, 4) is 5.75 Å². The molecule has 1 amide bonds. The van der Waals surface area contributed by atoms with E-state index in [1.165, 1.54) is 0 Å². The number of carbonyl (C=O) groups excluding carboxylic acids is 1. The summed E-state index contributed by atoms with van der Waals surface area (Å²) in [6.45, 7) is 4.26. The van der Waals surface area contributed by atoms with Crippen molar-refractivity contribution in [2.75, 3.05) is 20.2 Å². The molecular weight excluding hydrogens is 306 g/mol. The number of aryl methyl sites for hydroxylation is 1. The first-order chi connectivity index (χ1) is 11.7. The number of benzene rings is 1. The fourth-order valence-electron chi connectivity index (χ4n) is 3.05. The number of ether oxygens (including phenoxy) is 1. The van der Waals surface area contributed by atoms with Crippen molar-refractivity contribution in [3.05, 3.63) is 46.8 Å². The summed E-state index contributed by atoms with van der Waals surface area (Å²) in [5.74, 6) is 2.04. The monoisotopic (exact) mass is 329 g/mol. The van der Waals surface area contributed by atoms with Crippen LogP contribution in [-0.2, 0) is 13.0 Å². The molecule has 6 heteroatoms. The lowest BCUT2D eigenvalue weighted by Crippen LogP contribution is -2.23. The zero-order valence-corrected chi connectivity index (χ0v) is 14.1. The fourth-order valence-corrected chi connectivity index (χ4v) is 3.05. The van der Waals surface area contributed by atoms with Crippen molar-refractivity contribution < 1.29 is 14.1 Å². The summed E-state index contributed by atoms with van der Waals surface area (Å²) in [7, 11) is 1.67. The molecule has 1 unspecified atom stereocenters. The van der Waals surface area contributed by atoms with Gasteiger partial charge in [0.05, 0.1) is 13.7 Å². The third-order valence-corrected chi connectivity index (χ3v) is 4.32. The van der Waals surface area contributed by atoms with Gasteiger partial charge in [0, 0.05) is 11.6 Å². The second-order valence-corrected chi connectivity index (χ2v) is 6.20. The summed E-state index contributed by atoms with van der Waals surface area (Å²) in [4.78, 5) is 12.4. The summed E-state index contributed by atoms with van der Waals surface area (Å²) in [6.07, 6.45) is 2.07. The van der Waals surface area contributed by atoms with Crippen molar-refractivity contribution in [3.63, 3.8) is 0 Å². The minimum absolute atomic E-state index is 0.121. The smallest absolute Gasteiger partial charge is 0.251 e. The number of rotatable bonds is 6. The van der Waals surface area contributed by atoms with Crippen LogP contribution in [0.2, 0.25) is 0 Å². The minimum Gasteiger partial charge on any atom is -0.496 e. The average Bonchev–Trinajstić information content (AvgIpc) is 3.24. The SMILES string of the molecule is COc1ccc(C(=O)NCc2cc(C)on2)cc1CC1CCNC1. The molecule has 1 saturated heterocycles. The summed E-state index contributed by atoms with van der Waals surface area (Å²) in [6, 6.07) is 7.40. The zero-order valence-electron chi connectivity index (χ0n) is 14.1. The van der Waals surface area contributed by atoms with Crippen molar-refractivity contribution in [1.82, 2.24) is 15.8 Å². The minimum atomic E-state index is -0.121. The topological polar surface area (TPSA) is 76.4 Å². The van der Waals surface area contributed by atoms with Crippen LogP contribution in [-0.4, -0.2) is 31.3 Å². The average molecular weight is 329 g/mol. The summed E-state index contributed by atoms with van der Waals surface area (Å²) in [5, 5.41) is 10.1. The van der Waals surface area contributed by atoms with Crippen molar-refractivity contribution in [2.24, 2.45) is 5.92 Å². The van der Waals surface area contributed by atoms with E-state index in [4.69, 9.17) is 9.26 Å². The van der Waals surface area contributed by atoms with Crippen molar-refractivity contribution in [1.29, 1.82) is 0 Å². The van der Waals surface area contributed by atoms with Gasteiger partial charge in [0.15, 0.2) is 0 Å². The molecule has 2 heterocycles. The molecule has 1 atom stereocenters. The van der Waals surface area contributed by atoms with E-state index in [0.29, 0.717) is 23.7 Å². The van der Waals surface area contributed by atoms with Crippen LogP contribution in [0.1, 0.15) is 33.8 Å². The Kier molecular flexibility index (Phi) is 5.15. The molecule has 2 aromatic rings. The molecule has 0 bridgehead atoms. The normalized spacial score (nSPS) is 17.0. The zero-order chi connectivity index (χ0) is 16.9. The first-order valence-electron chi connectivity index (χ1n) is 8.23. The molecule has 2 N–H and O–H groups in total. The van der Waals surface area contributed by atoms with Gasteiger partial charge in [0.1, 0.15) is 17.2 Å². The van der Waals surface area contributed by atoms with Gasteiger partial charge >= 0.3 is 0 Å². The van der Waals surface area contributed by atoms with Crippen LogP contribution in [0.5, 0.6) is 5.75 Å². The lowest BCUT2D eigenvalue weighted by Gasteiger charge is -2.14. The molecular formula is C18H23N3O3. The van der Waals surface area contributed by atoms with Gasteiger partial charge in [-0.05, 0) is 62.5 Å². The maximum absolute atomic E-state index is 12.4. The maximum atomic E-state index is 12.4. The van der Waals surface area contributed by atoms with Gasteiger partial charge in [0.25, 0.3) is 5.91 Å². The molecule has 3 rings (SSSR count). The van der Waals surface area contributed by atoms with Crippen LogP contribution in [0.4, 0.5) is 0 Å². The molecule has 24 heavy (non-hydrogen) atoms. The Balaban J connectivity index is 1.68. The molecule has 1 aromatic carbocycles. The number of nitrogens with one attached hydrogen (secondary N) is 2. The lowest BCUT2D eigenvalue weighted by molar-refractivity contribution is 0.0950. The number of aromatic nitrogens is 1. The van der Waals surface area contributed by atoms with Gasteiger partial charge in [-0.15, -0.1) is 0 Å². The molecule has 6 nitrogen and oxygen atoms in total. The Hall–Kier alpha value is -2.34. The third-order valence-electron chi connectivity index (χ3n) is 4.32. The predicted octanol–water partition coefficient (Wildman–Crippen LogP) is 2.07. The Morgan fingerprint density at radius 2 is 2.33 bits per heavy atom.